The van der Waals surface area contributed by atoms with E-state index in [9.17, 15) is 4.79 Å². The summed E-state index contributed by atoms with van der Waals surface area (Å²) >= 11 is 0. The lowest BCUT2D eigenvalue weighted by molar-refractivity contribution is 0.186. The lowest BCUT2D eigenvalue weighted by atomic mass is 10.1. The van der Waals surface area contributed by atoms with Gasteiger partial charge in [-0.2, -0.15) is 0 Å². The van der Waals surface area contributed by atoms with Crippen molar-refractivity contribution >= 4 is 16.6 Å². The summed E-state index contributed by atoms with van der Waals surface area (Å²) < 4.78 is 9.11. The molecular formula is C23H30N6O2. The second-order valence-electron chi connectivity index (χ2n) is 8.48. The van der Waals surface area contributed by atoms with Crippen molar-refractivity contribution in [3.05, 3.63) is 52.6 Å². The van der Waals surface area contributed by atoms with Crippen molar-refractivity contribution in [3.8, 4) is 0 Å². The van der Waals surface area contributed by atoms with Crippen LogP contribution in [-0.4, -0.2) is 63.9 Å². The van der Waals surface area contributed by atoms with Crippen LogP contribution in [0.15, 0.2) is 35.5 Å². The number of hydrogen-bond acceptors (Lipinski definition) is 6. The molecule has 4 heterocycles. The minimum atomic E-state index is -0.0115. The number of ether oxygens (including phenoxy) is 1. The number of anilines is 1. The second-order valence-corrected chi connectivity index (χ2v) is 8.48. The van der Waals surface area contributed by atoms with Crippen LogP contribution in [0.25, 0.3) is 10.9 Å². The van der Waals surface area contributed by atoms with E-state index >= 15 is 0 Å². The number of aromatic nitrogens is 4. The van der Waals surface area contributed by atoms with Crippen LogP contribution in [-0.2, 0) is 30.8 Å². The van der Waals surface area contributed by atoms with E-state index in [2.05, 4.69) is 36.6 Å². The van der Waals surface area contributed by atoms with Gasteiger partial charge in [-0.3, -0.25) is 14.3 Å². The molecule has 3 aromatic rings. The number of nitrogens with zero attached hydrogens (tertiary/aromatic N) is 6. The molecule has 1 saturated heterocycles. The van der Waals surface area contributed by atoms with E-state index in [-0.39, 0.29) is 5.56 Å². The third-order valence-electron chi connectivity index (χ3n) is 6.52. The summed E-state index contributed by atoms with van der Waals surface area (Å²) in [6, 6.07) is 6.00. The number of imidazole rings is 1. The fraction of sp³-hybridized carbons (Fsp3) is 0.522. The fourth-order valence-electron chi connectivity index (χ4n) is 4.69. The van der Waals surface area contributed by atoms with E-state index in [1.807, 2.05) is 12.1 Å². The van der Waals surface area contributed by atoms with Crippen LogP contribution in [0.4, 0.5) is 5.69 Å². The Kier molecular flexibility index (Phi) is 5.74. The third kappa shape index (κ3) is 4.09. The quantitative estimate of drug-likeness (QED) is 0.604. The molecule has 0 atom stereocenters. The van der Waals surface area contributed by atoms with Crippen molar-refractivity contribution in [2.24, 2.45) is 0 Å². The predicted molar refractivity (Wildman–Crippen MR) is 121 cm³/mol. The normalized spacial score (nSPS) is 17.3. The van der Waals surface area contributed by atoms with Crippen molar-refractivity contribution in [2.45, 2.75) is 38.9 Å². The van der Waals surface area contributed by atoms with E-state index in [1.54, 1.807) is 18.0 Å². The molecule has 0 aliphatic carbocycles. The Morgan fingerprint density at radius 1 is 1.06 bits per heavy atom. The summed E-state index contributed by atoms with van der Waals surface area (Å²) in [5.41, 5.74) is 3.23. The number of rotatable bonds is 6. The van der Waals surface area contributed by atoms with Crippen LogP contribution >= 0.6 is 0 Å². The van der Waals surface area contributed by atoms with Crippen molar-refractivity contribution in [3.63, 3.8) is 0 Å². The first-order valence-corrected chi connectivity index (χ1v) is 11.2. The van der Waals surface area contributed by atoms with E-state index in [0.717, 1.165) is 56.9 Å². The number of piperazine rings is 1. The van der Waals surface area contributed by atoms with E-state index in [4.69, 9.17) is 4.74 Å². The molecule has 2 aromatic heterocycles. The van der Waals surface area contributed by atoms with Gasteiger partial charge in [0, 0.05) is 64.7 Å². The van der Waals surface area contributed by atoms with Crippen LogP contribution in [0.3, 0.4) is 0 Å². The molecule has 0 amide bonds. The number of hydrogen-bond donors (Lipinski definition) is 0. The van der Waals surface area contributed by atoms with Crippen molar-refractivity contribution in [1.82, 2.24) is 24.0 Å². The Morgan fingerprint density at radius 2 is 1.94 bits per heavy atom. The third-order valence-corrected chi connectivity index (χ3v) is 6.52. The molecule has 1 fully saturated rings. The molecule has 2 aliphatic heterocycles. The smallest absolute Gasteiger partial charge is 0.261 e. The molecule has 8 nitrogen and oxygen atoms in total. The molecule has 8 heteroatoms. The zero-order valence-electron chi connectivity index (χ0n) is 18.2. The summed E-state index contributed by atoms with van der Waals surface area (Å²) in [6.07, 6.45) is 7.33. The number of aryl methyl sites for hydroxylation is 1. The van der Waals surface area contributed by atoms with Gasteiger partial charge in [0.1, 0.15) is 5.82 Å². The molecule has 164 valence electrons. The second kappa shape index (κ2) is 8.80. The number of methoxy groups -OCH3 is 1. The molecule has 0 unspecified atom stereocenters. The molecular weight excluding hydrogens is 392 g/mol. The Labute approximate surface area is 182 Å². The molecule has 0 spiro atoms. The van der Waals surface area contributed by atoms with Gasteiger partial charge in [-0.1, -0.05) is 0 Å². The average Bonchev–Trinajstić information content (AvgIpc) is 3.22. The Hall–Kier alpha value is -2.71. The number of benzene rings is 1. The molecule has 5 rings (SSSR count). The summed E-state index contributed by atoms with van der Waals surface area (Å²) in [5.74, 6) is 1.25. The maximum absolute atomic E-state index is 12.7. The summed E-state index contributed by atoms with van der Waals surface area (Å²) in [7, 11) is 1.63. The average molecular weight is 423 g/mol. The highest BCUT2D eigenvalue weighted by Gasteiger charge is 2.21. The van der Waals surface area contributed by atoms with E-state index < -0.39 is 0 Å². The largest absolute Gasteiger partial charge is 0.383 e. The first kappa shape index (κ1) is 20.2. The summed E-state index contributed by atoms with van der Waals surface area (Å²) in [6.45, 7) is 7.08. The Morgan fingerprint density at radius 3 is 2.77 bits per heavy atom. The van der Waals surface area contributed by atoms with Gasteiger partial charge in [-0.05, 0) is 31.0 Å². The van der Waals surface area contributed by atoms with Crippen molar-refractivity contribution in [1.29, 1.82) is 0 Å². The molecule has 31 heavy (non-hydrogen) atoms. The van der Waals surface area contributed by atoms with Gasteiger partial charge in [0.2, 0.25) is 0 Å². The maximum Gasteiger partial charge on any atom is 0.261 e. The van der Waals surface area contributed by atoms with Gasteiger partial charge in [0.15, 0.2) is 0 Å². The standard InChI is InChI=1S/C23H30N6O2/c1-31-13-12-28-17-25-21-14-18(5-6-20(21)23(28)30)27-10-8-26(9-11-27)16-19-15-24-22-4-2-3-7-29(19)22/h5-6,14-15,17H,2-4,7-13,16H2,1H3. The molecule has 1 aromatic carbocycles. The maximum atomic E-state index is 12.7. The van der Waals surface area contributed by atoms with Crippen LogP contribution in [0.1, 0.15) is 24.4 Å². The Bertz CT molecular complexity index is 1110. The monoisotopic (exact) mass is 422 g/mol. The zero-order chi connectivity index (χ0) is 21.2. The van der Waals surface area contributed by atoms with Crippen LogP contribution in [0, 0.1) is 0 Å². The van der Waals surface area contributed by atoms with Gasteiger partial charge in [-0.15, -0.1) is 0 Å². The molecule has 2 aliphatic rings. The fourth-order valence-corrected chi connectivity index (χ4v) is 4.69. The highest BCUT2D eigenvalue weighted by atomic mass is 16.5. The lowest BCUT2D eigenvalue weighted by Crippen LogP contribution is -2.46. The minimum absolute atomic E-state index is 0.0115. The molecule has 0 saturated carbocycles. The van der Waals surface area contributed by atoms with Gasteiger partial charge in [0.25, 0.3) is 5.56 Å². The summed E-state index contributed by atoms with van der Waals surface area (Å²) in [5, 5.41) is 0.659. The van der Waals surface area contributed by atoms with Crippen molar-refractivity contribution < 1.29 is 4.74 Å². The van der Waals surface area contributed by atoms with Crippen LogP contribution in [0.5, 0.6) is 0 Å². The minimum Gasteiger partial charge on any atom is -0.383 e. The molecule has 0 bridgehead atoms. The predicted octanol–water partition coefficient (Wildman–Crippen LogP) is 1.90. The zero-order valence-corrected chi connectivity index (χ0v) is 18.2. The topological polar surface area (TPSA) is 68.4 Å². The summed E-state index contributed by atoms with van der Waals surface area (Å²) in [4.78, 5) is 26.7. The van der Waals surface area contributed by atoms with Gasteiger partial charge >= 0.3 is 0 Å². The molecule has 0 radical (unpaired) electrons. The van der Waals surface area contributed by atoms with Crippen LogP contribution < -0.4 is 10.5 Å². The first-order chi connectivity index (χ1) is 15.2. The SMILES string of the molecule is COCCn1cnc2cc(N3CCN(Cc4cnc5n4CCCC5)CC3)ccc2c1=O. The van der Waals surface area contributed by atoms with Gasteiger partial charge < -0.3 is 14.2 Å². The van der Waals surface area contributed by atoms with E-state index in [1.165, 1.54) is 24.4 Å². The van der Waals surface area contributed by atoms with Gasteiger partial charge in [0.05, 0.1) is 36.1 Å². The van der Waals surface area contributed by atoms with Crippen molar-refractivity contribution in [2.75, 3.05) is 44.8 Å². The lowest BCUT2D eigenvalue weighted by Gasteiger charge is -2.36. The van der Waals surface area contributed by atoms with Crippen LogP contribution in [0.2, 0.25) is 0 Å². The van der Waals surface area contributed by atoms with Gasteiger partial charge in [-0.25, -0.2) is 9.97 Å². The molecule has 0 N–H and O–H groups in total. The highest BCUT2D eigenvalue weighted by molar-refractivity contribution is 5.81. The highest BCUT2D eigenvalue weighted by Crippen LogP contribution is 2.22. The Balaban J connectivity index is 1.25. The number of fused-ring (bicyclic) bond motifs is 2. The van der Waals surface area contributed by atoms with E-state index in [0.29, 0.717) is 18.5 Å². The first-order valence-electron chi connectivity index (χ1n) is 11.2.